The van der Waals surface area contributed by atoms with Crippen LogP contribution in [-0.2, 0) is 6.61 Å². The first-order chi connectivity index (χ1) is 8.58. The summed E-state index contributed by atoms with van der Waals surface area (Å²) in [6.45, 7) is 4.29. The maximum Gasteiger partial charge on any atom is 0.237 e. The van der Waals surface area contributed by atoms with Gasteiger partial charge in [0.15, 0.2) is 5.15 Å². The number of hydrogen-bond donors (Lipinski definition) is 0. The Hall–Kier alpha value is -1.13. The first-order valence-electron chi connectivity index (χ1n) is 5.44. The molecule has 0 N–H and O–H groups in total. The van der Waals surface area contributed by atoms with Crippen molar-refractivity contribution in [3.63, 3.8) is 0 Å². The molecule has 0 aliphatic heterocycles. The van der Waals surface area contributed by atoms with E-state index in [2.05, 4.69) is 26.1 Å². The summed E-state index contributed by atoms with van der Waals surface area (Å²) in [4.78, 5) is 0. The van der Waals surface area contributed by atoms with Gasteiger partial charge in [-0.05, 0) is 37.1 Å². The molecule has 0 atom stereocenters. The van der Waals surface area contributed by atoms with Gasteiger partial charge in [-0.1, -0.05) is 39.7 Å². The lowest BCUT2D eigenvalue weighted by Gasteiger charge is -2.09. The Labute approximate surface area is 119 Å². The van der Waals surface area contributed by atoms with Crippen molar-refractivity contribution in [2.24, 2.45) is 0 Å². The van der Waals surface area contributed by atoms with Crippen molar-refractivity contribution in [1.29, 1.82) is 0 Å². The highest BCUT2D eigenvalue weighted by atomic mass is 79.9. The van der Waals surface area contributed by atoms with Gasteiger partial charge in [0.05, 0.1) is 0 Å². The van der Waals surface area contributed by atoms with Crippen LogP contribution in [0.2, 0.25) is 5.15 Å². The molecule has 0 saturated heterocycles. The molecule has 0 fully saturated rings. The highest BCUT2D eigenvalue weighted by molar-refractivity contribution is 9.10. The third-order valence-corrected chi connectivity index (χ3v) is 3.60. The molecule has 1 aromatic carbocycles. The first-order valence-corrected chi connectivity index (χ1v) is 6.61. The van der Waals surface area contributed by atoms with Crippen LogP contribution in [0.4, 0.5) is 0 Å². The van der Waals surface area contributed by atoms with Gasteiger partial charge in [-0.15, -0.1) is 10.2 Å². The van der Waals surface area contributed by atoms with Crippen molar-refractivity contribution >= 4 is 27.5 Å². The first kappa shape index (κ1) is 13.3. The van der Waals surface area contributed by atoms with Gasteiger partial charge in [0.1, 0.15) is 6.61 Å². The monoisotopic (exact) mass is 326 g/mol. The van der Waals surface area contributed by atoms with Crippen molar-refractivity contribution in [3.05, 3.63) is 50.6 Å². The highest BCUT2D eigenvalue weighted by Crippen LogP contribution is 2.23. The summed E-state index contributed by atoms with van der Waals surface area (Å²) in [5.41, 5.74) is 2.90. The minimum atomic E-state index is 0.420. The molecular formula is C13H12BrClN2O. The fourth-order valence-corrected chi connectivity index (χ4v) is 1.87. The summed E-state index contributed by atoms with van der Waals surface area (Å²) >= 11 is 9.28. The number of nitrogens with zero attached hydrogens (tertiary/aromatic N) is 2. The lowest BCUT2D eigenvalue weighted by molar-refractivity contribution is 0.287. The van der Waals surface area contributed by atoms with Crippen LogP contribution in [0.15, 0.2) is 28.7 Å². The summed E-state index contributed by atoms with van der Waals surface area (Å²) in [5.74, 6) is 0.528. The van der Waals surface area contributed by atoms with Crippen LogP contribution in [0.1, 0.15) is 16.7 Å². The zero-order chi connectivity index (χ0) is 13.1. The molecule has 0 aliphatic rings. The molecule has 2 aromatic rings. The molecule has 0 spiro atoms. The second-order valence-corrected chi connectivity index (χ2v) is 5.23. The highest BCUT2D eigenvalue weighted by Gasteiger charge is 2.09. The molecule has 1 heterocycles. The number of ether oxygens (including phenoxy) is 1. The third kappa shape index (κ3) is 3.00. The van der Waals surface area contributed by atoms with Gasteiger partial charge >= 0.3 is 0 Å². The summed E-state index contributed by atoms with van der Waals surface area (Å²) in [7, 11) is 0. The van der Waals surface area contributed by atoms with E-state index < -0.39 is 0 Å². The quantitative estimate of drug-likeness (QED) is 0.851. The van der Waals surface area contributed by atoms with E-state index in [4.69, 9.17) is 16.3 Å². The van der Waals surface area contributed by atoms with Gasteiger partial charge in [-0.2, -0.15) is 0 Å². The summed E-state index contributed by atoms with van der Waals surface area (Å²) in [5, 5.41) is 8.23. The Kier molecular flexibility index (Phi) is 4.19. The smallest absolute Gasteiger partial charge is 0.237 e. The summed E-state index contributed by atoms with van der Waals surface area (Å²) in [6, 6.07) is 7.94. The predicted molar refractivity (Wildman–Crippen MR) is 75.0 cm³/mol. The van der Waals surface area contributed by atoms with E-state index >= 15 is 0 Å². The van der Waals surface area contributed by atoms with Crippen LogP contribution in [0.3, 0.4) is 0 Å². The van der Waals surface area contributed by atoms with Crippen molar-refractivity contribution in [1.82, 2.24) is 10.2 Å². The Morgan fingerprint density at radius 2 is 1.78 bits per heavy atom. The molecule has 1 aromatic heterocycles. The van der Waals surface area contributed by atoms with Crippen LogP contribution >= 0.6 is 27.5 Å². The fraction of sp³-hybridized carbons (Fsp3) is 0.231. The van der Waals surface area contributed by atoms with E-state index in [1.165, 1.54) is 0 Å². The minimum Gasteiger partial charge on any atom is -0.472 e. The Bertz CT molecular complexity index is 558. The van der Waals surface area contributed by atoms with E-state index in [1.54, 1.807) is 0 Å². The number of rotatable bonds is 3. The molecule has 0 amide bonds. The molecule has 18 heavy (non-hydrogen) atoms. The van der Waals surface area contributed by atoms with Gasteiger partial charge in [0.2, 0.25) is 5.88 Å². The van der Waals surface area contributed by atoms with Crippen LogP contribution < -0.4 is 4.74 Å². The lowest BCUT2D eigenvalue weighted by atomic mass is 10.2. The molecule has 0 aliphatic carbocycles. The number of hydrogen-bond acceptors (Lipinski definition) is 3. The van der Waals surface area contributed by atoms with Gasteiger partial charge in [0.25, 0.3) is 0 Å². The lowest BCUT2D eigenvalue weighted by Crippen LogP contribution is -2.02. The average molecular weight is 328 g/mol. The van der Waals surface area contributed by atoms with Crippen LogP contribution in [0.5, 0.6) is 5.88 Å². The molecule has 0 bridgehead atoms. The number of halogens is 2. The normalized spacial score (nSPS) is 10.4. The van der Waals surface area contributed by atoms with Crippen molar-refractivity contribution in [2.75, 3.05) is 0 Å². The summed E-state index contributed by atoms with van der Waals surface area (Å²) in [6.07, 6.45) is 0. The Morgan fingerprint density at radius 1 is 1.11 bits per heavy atom. The van der Waals surface area contributed by atoms with Crippen LogP contribution in [0, 0.1) is 13.8 Å². The Morgan fingerprint density at radius 3 is 2.44 bits per heavy atom. The molecular weight excluding hydrogens is 316 g/mol. The largest absolute Gasteiger partial charge is 0.472 e. The fourth-order valence-electron chi connectivity index (χ4n) is 1.42. The molecule has 0 saturated carbocycles. The van der Waals surface area contributed by atoms with E-state index in [0.29, 0.717) is 17.6 Å². The van der Waals surface area contributed by atoms with Crippen molar-refractivity contribution in [2.45, 2.75) is 20.5 Å². The number of aromatic nitrogens is 2. The maximum atomic E-state index is 5.89. The topological polar surface area (TPSA) is 35.0 Å². The molecule has 2 rings (SSSR count). The van der Waals surface area contributed by atoms with Crippen LogP contribution in [-0.4, -0.2) is 10.2 Å². The second kappa shape index (κ2) is 5.67. The third-order valence-electron chi connectivity index (χ3n) is 2.71. The van der Waals surface area contributed by atoms with E-state index in [0.717, 1.165) is 21.2 Å². The van der Waals surface area contributed by atoms with Gasteiger partial charge in [0, 0.05) is 10.0 Å². The van der Waals surface area contributed by atoms with Gasteiger partial charge in [-0.3, -0.25) is 0 Å². The van der Waals surface area contributed by atoms with E-state index in [-0.39, 0.29) is 0 Å². The summed E-state index contributed by atoms with van der Waals surface area (Å²) < 4.78 is 6.70. The standard InChI is InChI=1S/C13H12BrClN2O/c1-8-9(2)13(17-16-12(8)15)18-7-10-3-5-11(14)6-4-10/h3-6H,7H2,1-2H3. The van der Waals surface area contributed by atoms with Crippen LogP contribution in [0.25, 0.3) is 0 Å². The molecule has 0 unspecified atom stereocenters. The zero-order valence-corrected chi connectivity index (χ0v) is 12.4. The SMILES string of the molecule is Cc1c(Cl)nnc(OCc2ccc(Br)cc2)c1C. The predicted octanol–water partition coefficient (Wildman–Crippen LogP) is 4.09. The molecule has 5 heteroatoms. The maximum absolute atomic E-state index is 5.89. The van der Waals surface area contributed by atoms with Gasteiger partial charge < -0.3 is 4.74 Å². The number of benzene rings is 1. The van der Waals surface area contributed by atoms with Crippen molar-refractivity contribution in [3.8, 4) is 5.88 Å². The molecule has 3 nitrogen and oxygen atoms in total. The minimum absolute atomic E-state index is 0.420. The Balaban J connectivity index is 2.11. The van der Waals surface area contributed by atoms with E-state index in [1.807, 2.05) is 38.1 Å². The van der Waals surface area contributed by atoms with E-state index in [9.17, 15) is 0 Å². The van der Waals surface area contributed by atoms with Gasteiger partial charge in [-0.25, -0.2) is 0 Å². The average Bonchev–Trinajstić information content (AvgIpc) is 2.37. The zero-order valence-electron chi connectivity index (χ0n) is 10.1. The van der Waals surface area contributed by atoms with Crippen molar-refractivity contribution < 1.29 is 4.74 Å². The second-order valence-electron chi connectivity index (χ2n) is 3.96. The molecule has 0 radical (unpaired) electrons. The molecule has 94 valence electrons.